The van der Waals surface area contributed by atoms with Crippen molar-refractivity contribution >= 4 is 16.9 Å². The van der Waals surface area contributed by atoms with Crippen molar-refractivity contribution in [3.63, 3.8) is 0 Å². The van der Waals surface area contributed by atoms with Crippen molar-refractivity contribution in [1.82, 2.24) is 23.1 Å². The van der Waals surface area contributed by atoms with Crippen molar-refractivity contribution in [2.75, 3.05) is 0 Å². The summed E-state index contributed by atoms with van der Waals surface area (Å²) in [6, 6.07) is 0.422. The van der Waals surface area contributed by atoms with E-state index in [0.29, 0.717) is 17.2 Å². The van der Waals surface area contributed by atoms with Gasteiger partial charge >= 0.3 is 5.69 Å². The Morgan fingerprint density at radius 1 is 1.15 bits per heavy atom. The van der Waals surface area contributed by atoms with Crippen LogP contribution < -0.4 is 11.2 Å². The number of imidazole rings is 2. The summed E-state index contributed by atoms with van der Waals surface area (Å²) in [7, 11) is 1.69. The van der Waals surface area contributed by atoms with Crippen LogP contribution in [0.1, 0.15) is 50.0 Å². The molecule has 1 aliphatic carbocycles. The van der Waals surface area contributed by atoms with E-state index in [2.05, 4.69) is 11.5 Å². The van der Waals surface area contributed by atoms with Crippen molar-refractivity contribution in [2.24, 2.45) is 7.05 Å². The molecule has 0 amide bonds. The molecule has 0 bridgehead atoms. The molecule has 1 fully saturated rings. The molecule has 4 rings (SSSR count). The molecular weight excluding hydrogens is 330 g/mol. The van der Waals surface area contributed by atoms with Gasteiger partial charge in [-0.1, -0.05) is 25.0 Å². The Kier molecular flexibility index (Phi) is 3.89. The Labute approximate surface area is 151 Å². The Bertz CT molecular complexity index is 1150. The molecule has 3 heterocycles. The molecule has 138 valence electrons. The minimum Gasteiger partial charge on any atom is -0.311 e. The zero-order valence-electron chi connectivity index (χ0n) is 15.8. The molecule has 0 aromatic carbocycles. The third-order valence-electron chi connectivity index (χ3n) is 5.77. The van der Waals surface area contributed by atoms with E-state index in [1.54, 1.807) is 7.05 Å². The zero-order valence-corrected chi connectivity index (χ0v) is 15.8. The van der Waals surface area contributed by atoms with Gasteiger partial charge in [-0.15, -0.1) is 0 Å². The second kappa shape index (κ2) is 6.00. The number of aryl methyl sites for hydroxylation is 2. The fraction of sp³-hybridized carbons (Fsp3) is 0.526. The molecule has 3 aromatic rings. The van der Waals surface area contributed by atoms with Crippen molar-refractivity contribution in [3.05, 3.63) is 44.4 Å². The van der Waals surface area contributed by atoms with E-state index in [4.69, 9.17) is 4.98 Å². The van der Waals surface area contributed by atoms with Crippen LogP contribution in [0.25, 0.3) is 16.9 Å². The predicted molar refractivity (Wildman–Crippen MR) is 102 cm³/mol. The Balaban J connectivity index is 2.13. The topological polar surface area (TPSA) is 66.2 Å². The Morgan fingerprint density at radius 2 is 1.85 bits per heavy atom. The van der Waals surface area contributed by atoms with Crippen LogP contribution >= 0.6 is 0 Å². The van der Waals surface area contributed by atoms with Crippen LogP contribution in [-0.2, 0) is 13.6 Å². The van der Waals surface area contributed by atoms with Crippen molar-refractivity contribution in [1.29, 1.82) is 0 Å². The number of rotatable bonds is 3. The SMILES string of the molecule is CC=CCn1c(=O)c2c(nc3n(C4CCCC4)c(C)c(C)n23)n(C)c1=O. The van der Waals surface area contributed by atoms with Gasteiger partial charge in [0.2, 0.25) is 5.78 Å². The first-order valence-corrected chi connectivity index (χ1v) is 9.27. The number of allylic oxidation sites excluding steroid dienone is 2. The van der Waals surface area contributed by atoms with Crippen LogP contribution in [0.4, 0.5) is 0 Å². The maximum absolute atomic E-state index is 13.1. The maximum Gasteiger partial charge on any atom is 0.332 e. The van der Waals surface area contributed by atoms with Gasteiger partial charge in [0.1, 0.15) is 0 Å². The van der Waals surface area contributed by atoms with Gasteiger partial charge in [-0.25, -0.2) is 4.79 Å². The monoisotopic (exact) mass is 355 g/mol. The standard InChI is InChI=1S/C19H25N5O2/c1-5-6-11-22-17(25)15-16(21(4)19(22)26)20-18-23(14-9-7-8-10-14)12(2)13(3)24(15)18/h5-6,14H,7-11H2,1-4H3. The lowest BCUT2D eigenvalue weighted by Gasteiger charge is -2.13. The van der Waals surface area contributed by atoms with Gasteiger partial charge in [0.05, 0.1) is 0 Å². The fourth-order valence-electron chi connectivity index (χ4n) is 4.25. The van der Waals surface area contributed by atoms with E-state index in [1.165, 1.54) is 22.0 Å². The van der Waals surface area contributed by atoms with E-state index in [9.17, 15) is 9.59 Å². The van der Waals surface area contributed by atoms with Crippen LogP contribution in [0.15, 0.2) is 21.7 Å². The quantitative estimate of drug-likeness (QED) is 0.678. The molecule has 0 atom stereocenters. The second-order valence-corrected chi connectivity index (χ2v) is 7.22. The van der Waals surface area contributed by atoms with Gasteiger partial charge in [-0.3, -0.25) is 18.3 Å². The molecule has 0 radical (unpaired) electrons. The van der Waals surface area contributed by atoms with E-state index >= 15 is 0 Å². The lowest BCUT2D eigenvalue weighted by Crippen LogP contribution is -2.39. The lowest BCUT2D eigenvalue weighted by atomic mass is 10.2. The van der Waals surface area contributed by atoms with Gasteiger partial charge in [0, 0.05) is 31.0 Å². The van der Waals surface area contributed by atoms with Gasteiger partial charge in [-0.05, 0) is 33.6 Å². The summed E-state index contributed by atoms with van der Waals surface area (Å²) in [6.07, 6.45) is 8.38. The summed E-state index contributed by atoms with van der Waals surface area (Å²) in [5.41, 5.74) is 2.51. The molecule has 0 spiro atoms. The molecule has 7 heteroatoms. The molecule has 7 nitrogen and oxygen atoms in total. The summed E-state index contributed by atoms with van der Waals surface area (Å²) in [6.45, 7) is 6.26. The van der Waals surface area contributed by atoms with Gasteiger partial charge < -0.3 is 4.57 Å². The highest BCUT2D eigenvalue weighted by Gasteiger charge is 2.27. The molecule has 0 saturated heterocycles. The summed E-state index contributed by atoms with van der Waals surface area (Å²) < 4.78 is 6.97. The van der Waals surface area contributed by atoms with Gasteiger partial charge in [-0.2, -0.15) is 4.98 Å². The number of fused-ring (bicyclic) bond motifs is 3. The Morgan fingerprint density at radius 3 is 2.50 bits per heavy atom. The number of hydrogen-bond donors (Lipinski definition) is 0. The summed E-state index contributed by atoms with van der Waals surface area (Å²) in [5, 5.41) is 0. The molecule has 1 aliphatic rings. The van der Waals surface area contributed by atoms with Crippen LogP contribution in [0.5, 0.6) is 0 Å². The summed E-state index contributed by atoms with van der Waals surface area (Å²) in [5.74, 6) is 0.776. The smallest absolute Gasteiger partial charge is 0.311 e. The first-order valence-electron chi connectivity index (χ1n) is 9.27. The van der Waals surface area contributed by atoms with Crippen molar-refractivity contribution in [3.8, 4) is 0 Å². The van der Waals surface area contributed by atoms with Crippen molar-refractivity contribution < 1.29 is 0 Å². The number of hydrogen-bond acceptors (Lipinski definition) is 3. The third kappa shape index (κ3) is 2.15. The molecule has 0 N–H and O–H groups in total. The molecule has 0 aliphatic heterocycles. The zero-order chi connectivity index (χ0) is 18.6. The molecule has 26 heavy (non-hydrogen) atoms. The minimum absolute atomic E-state index is 0.270. The molecule has 3 aromatic heterocycles. The van der Waals surface area contributed by atoms with Gasteiger partial charge in [0.25, 0.3) is 5.56 Å². The highest BCUT2D eigenvalue weighted by atomic mass is 16.2. The number of nitrogens with zero attached hydrogens (tertiary/aromatic N) is 5. The molecule has 0 unspecified atom stereocenters. The van der Waals surface area contributed by atoms with Crippen LogP contribution in [0.3, 0.4) is 0 Å². The van der Waals surface area contributed by atoms with E-state index in [1.807, 2.05) is 30.4 Å². The van der Waals surface area contributed by atoms with Crippen molar-refractivity contribution in [2.45, 2.75) is 59.0 Å². The highest BCUT2D eigenvalue weighted by Crippen LogP contribution is 2.34. The largest absolute Gasteiger partial charge is 0.332 e. The average Bonchev–Trinajstić information content (AvgIpc) is 3.32. The van der Waals surface area contributed by atoms with E-state index < -0.39 is 0 Å². The first kappa shape index (κ1) is 16.9. The van der Waals surface area contributed by atoms with Crippen LogP contribution in [0.2, 0.25) is 0 Å². The third-order valence-corrected chi connectivity index (χ3v) is 5.77. The maximum atomic E-state index is 13.1. The van der Waals surface area contributed by atoms with Crippen LogP contribution in [-0.4, -0.2) is 23.1 Å². The summed E-state index contributed by atoms with van der Waals surface area (Å²) >= 11 is 0. The van der Waals surface area contributed by atoms with Gasteiger partial charge in [0.15, 0.2) is 11.2 Å². The fourth-order valence-corrected chi connectivity index (χ4v) is 4.25. The molecular formula is C19H25N5O2. The summed E-state index contributed by atoms with van der Waals surface area (Å²) in [4.78, 5) is 30.5. The Hall–Kier alpha value is -2.57. The first-order chi connectivity index (χ1) is 12.5. The second-order valence-electron chi connectivity index (χ2n) is 7.22. The normalized spacial score (nSPS) is 16.0. The van der Waals surface area contributed by atoms with E-state index in [0.717, 1.165) is 30.0 Å². The lowest BCUT2D eigenvalue weighted by molar-refractivity contribution is 0.520. The highest BCUT2D eigenvalue weighted by molar-refractivity contribution is 5.76. The predicted octanol–water partition coefficient (Wildman–Crippen LogP) is 2.46. The minimum atomic E-state index is -0.330. The van der Waals surface area contributed by atoms with Crippen LogP contribution in [0, 0.1) is 13.8 Å². The number of aromatic nitrogens is 5. The average molecular weight is 355 g/mol. The van der Waals surface area contributed by atoms with E-state index in [-0.39, 0.29) is 17.8 Å². The molecule has 1 saturated carbocycles.